The third-order valence-corrected chi connectivity index (χ3v) is 4.52. The predicted molar refractivity (Wildman–Crippen MR) is 103 cm³/mol. The highest BCUT2D eigenvalue weighted by Gasteiger charge is 2.11. The van der Waals surface area contributed by atoms with Crippen molar-refractivity contribution >= 4 is 22.7 Å². The third kappa shape index (κ3) is 3.25. The second-order valence-electron chi connectivity index (χ2n) is 6.42. The Hall–Kier alpha value is -3.65. The molecule has 1 N–H and O–H groups in total. The Labute approximate surface area is 155 Å². The predicted octanol–water partition coefficient (Wildman–Crippen LogP) is 5.64. The van der Waals surface area contributed by atoms with Gasteiger partial charge >= 0.3 is 0 Å². The van der Waals surface area contributed by atoms with Crippen LogP contribution in [0.5, 0.6) is 0 Å². The van der Waals surface area contributed by atoms with Crippen molar-refractivity contribution in [2.24, 2.45) is 0 Å². The molecule has 0 amide bonds. The molecule has 27 heavy (non-hydrogen) atoms. The van der Waals surface area contributed by atoms with Crippen molar-refractivity contribution in [1.29, 1.82) is 5.26 Å². The molecule has 0 aliphatic carbocycles. The Morgan fingerprint density at radius 3 is 2.59 bits per heavy atom. The van der Waals surface area contributed by atoms with E-state index >= 15 is 0 Å². The highest BCUT2D eigenvalue weighted by Crippen LogP contribution is 2.26. The van der Waals surface area contributed by atoms with Crippen LogP contribution in [0.15, 0.2) is 52.9 Å². The molecule has 0 bridgehead atoms. The summed E-state index contributed by atoms with van der Waals surface area (Å²) in [5.74, 6) is 1.33. The lowest BCUT2D eigenvalue weighted by atomic mass is 10.1. The molecule has 0 aliphatic rings. The minimum absolute atomic E-state index is 0.299. The van der Waals surface area contributed by atoms with Gasteiger partial charge in [-0.2, -0.15) is 5.26 Å². The number of fused-ring (bicyclic) bond motifs is 1. The van der Waals surface area contributed by atoms with Gasteiger partial charge in [0.25, 0.3) is 0 Å². The van der Waals surface area contributed by atoms with Crippen LogP contribution in [0.1, 0.15) is 22.7 Å². The summed E-state index contributed by atoms with van der Waals surface area (Å²) in [4.78, 5) is 7.72. The summed E-state index contributed by atoms with van der Waals surface area (Å²) in [6.07, 6.45) is 1.64. The molecule has 5 heteroatoms. The lowest BCUT2D eigenvalue weighted by Crippen LogP contribution is -1.84. The zero-order chi connectivity index (χ0) is 19.0. The van der Waals surface area contributed by atoms with Gasteiger partial charge in [-0.3, -0.25) is 0 Å². The second-order valence-corrected chi connectivity index (χ2v) is 6.42. The Kier molecular flexibility index (Phi) is 4.09. The molecule has 2 aromatic heterocycles. The highest BCUT2D eigenvalue weighted by molar-refractivity contribution is 5.90. The van der Waals surface area contributed by atoms with E-state index in [4.69, 9.17) is 4.42 Å². The number of nitrogens with zero attached hydrogens (tertiary/aromatic N) is 2. The van der Waals surface area contributed by atoms with E-state index in [1.165, 1.54) is 12.1 Å². The summed E-state index contributed by atoms with van der Waals surface area (Å²) in [5.41, 5.74) is 5.17. The molecule has 0 aliphatic heterocycles. The molecule has 0 saturated heterocycles. The number of nitrogens with one attached hydrogen (secondary N) is 1. The zero-order valence-electron chi connectivity index (χ0n) is 14.9. The number of hydrogen-bond acceptors (Lipinski definition) is 3. The number of nitriles is 1. The Balaban J connectivity index is 1.70. The van der Waals surface area contributed by atoms with E-state index in [-0.39, 0.29) is 5.82 Å². The van der Waals surface area contributed by atoms with Crippen molar-refractivity contribution in [1.82, 2.24) is 9.97 Å². The Bertz CT molecular complexity index is 1170. The second kappa shape index (κ2) is 6.58. The maximum atomic E-state index is 13.1. The molecule has 0 unspecified atom stereocenters. The van der Waals surface area contributed by atoms with Crippen LogP contribution in [0, 0.1) is 31.0 Å². The van der Waals surface area contributed by atoms with Crippen molar-refractivity contribution in [3.05, 3.63) is 77.1 Å². The maximum Gasteiger partial charge on any atom is 0.149 e. The largest absolute Gasteiger partial charge is 0.457 e. The molecule has 0 spiro atoms. The average molecular weight is 357 g/mol. The molecule has 0 saturated carbocycles. The Morgan fingerprint density at radius 2 is 1.85 bits per heavy atom. The number of rotatable bonds is 3. The van der Waals surface area contributed by atoms with E-state index in [2.05, 4.69) is 16.0 Å². The van der Waals surface area contributed by atoms with Gasteiger partial charge < -0.3 is 9.40 Å². The van der Waals surface area contributed by atoms with Crippen molar-refractivity contribution in [3.63, 3.8) is 0 Å². The van der Waals surface area contributed by atoms with E-state index in [0.717, 1.165) is 27.7 Å². The Morgan fingerprint density at radius 1 is 1.11 bits per heavy atom. The number of furan rings is 1. The smallest absolute Gasteiger partial charge is 0.149 e. The van der Waals surface area contributed by atoms with Crippen LogP contribution in [-0.4, -0.2) is 9.97 Å². The molecular weight excluding hydrogens is 341 g/mol. The van der Waals surface area contributed by atoms with E-state index in [9.17, 15) is 9.65 Å². The molecule has 4 aromatic rings. The highest BCUT2D eigenvalue weighted by atomic mass is 19.1. The molecule has 2 aromatic carbocycles. The monoisotopic (exact) mass is 357 g/mol. The SMILES string of the molecule is Cc1cc2nc(/C(C#N)=C\c3ccc(-c4ccc(F)cc4)o3)[nH]c2cc1C. The van der Waals surface area contributed by atoms with E-state index in [1.54, 1.807) is 30.3 Å². The van der Waals surface area contributed by atoms with Crippen LogP contribution < -0.4 is 0 Å². The molecule has 0 fully saturated rings. The molecule has 0 radical (unpaired) electrons. The van der Waals surface area contributed by atoms with Crippen molar-refractivity contribution in [2.45, 2.75) is 13.8 Å². The number of halogens is 1. The van der Waals surface area contributed by atoms with Crippen LogP contribution in [0.2, 0.25) is 0 Å². The fourth-order valence-electron chi connectivity index (χ4n) is 2.89. The summed E-state index contributed by atoms with van der Waals surface area (Å²) in [7, 11) is 0. The number of allylic oxidation sites excluding steroid dienone is 1. The molecule has 4 nitrogen and oxygen atoms in total. The number of H-pyrrole nitrogens is 1. The van der Waals surface area contributed by atoms with Gasteiger partial charge in [0.05, 0.1) is 16.6 Å². The quantitative estimate of drug-likeness (QED) is 0.482. The lowest BCUT2D eigenvalue weighted by molar-refractivity contribution is 0.571. The summed E-state index contributed by atoms with van der Waals surface area (Å²) in [5, 5.41) is 9.57. The molecule has 132 valence electrons. The van der Waals surface area contributed by atoms with Crippen LogP contribution in [0.25, 0.3) is 34.0 Å². The van der Waals surface area contributed by atoms with Gasteiger partial charge in [-0.25, -0.2) is 9.37 Å². The molecule has 2 heterocycles. The van der Waals surface area contributed by atoms with Gasteiger partial charge in [-0.15, -0.1) is 0 Å². The fourth-order valence-corrected chi connectivity index (χ4v) is 2.89. The standard InChI is InChI=1S/C22H16FN3O/c1-13-9-19-20(10-14(13)2)26-22(25-19)16(12-24)11-18-7-8-21(27-18)15-3-5-17(23)6-4-15/h3-11H,1-2H3,(H,25,26)/b16-11-. The third-order valence-electron chi connectivity index (χ3n) is 4.52. The van der Waals surface area contributed by atoms with Crippen LogP contribution in [0.3, 0.4) is 0 Å². The summed E-state index contributed by atoms with van der Waals surface area (Å²) >= 11 is 0. The van der Waals surface area contributed by atoms with Crippen LogP contribution in [0.4, 0.5) is 4.39 Å². The van der Waals surface area contributed by atoms with Crippen molar-refractivity contribution in [3.8, 4) is 17.4 Å². The first kappa shape index (κ1) is 16.8. The van der Waals surface area contributed by atoms with Crippen LogP contribution in [-0.2, 0) is 0 Å². The van der Waals surface area contributed by atoms with Crippen molar-refractivity contribution in [2.75, 3.05) is 0 Å². The number of imidazole rings is 1. The van der Waals surface area contributed by atoms with Gasteiger partial charge in [0, 0.05) is 11.6 Å². The number of aryl methyl sites for hydroxylation is 2. The number of aromatic amines is 1. The van der Waals surface area contributed by atoms with E-state index in [0.29, 0.717) is 22.9 Å². The summed E-state index contributed by atoms with van der Waals surface area (Å²) < 4.78 is 18.8. The minimum atomic E-state index is -0.299. The number of aromatic nitrogens is 2. The molecular formula is C22H16FN3O. The first-order valence-electron chi connectivity index (χ1n) is 8.48. The van der Waals surface area contributed by atoms with E-state index < -0.39 is 0 Å². The first-order valence-corrected chi connectivity index (χ1v) is 8.48. The van der Waals surface area contributed by atoms with E-state index in [1.807, 2.05) is 26.0 Å². The normalized spacial score (nSPS) is 11.7. The van der Waals surface area contributed by atoms with Gasteiger partial charge in [-0.1, -0.05) is 0 Å². The maximum absolute atomic E-state index is 13.1. The first-order chi connectivity index (χ1) is 13.0. The van der Waals surface area contributed by atoms with Gasteiger partial charge in [-0.05, 0) is 73.5 Å². The summed E-state index contributed by atoms with van der Waals surface area (Å²) in [6, 6.07) is 15.8. The lowest BCUT2D eigenvalue weighted by Gasteiger charge is -1.97. The summed E-state index contributed by atoms with van der Waals surface area (Å²) in [6.45, 7) is 4.07. The van der Waals surface area contributed by atoms with Crippen LogP contribution >= 0.6 is 0 Å². The number of hydrogen-bond donors (Lipinski definition) is 1. The molecule has 4 rings (SSSR count). The average Bonchev–Trinajstić information content (AvgIpc) is 3.27. The van der Waals surface area contributed by atoms with Crippen molar-refractivity contribution < 1.29 is 8.81 Å². The minimum Gasteiger partial charge on any atom is -0.457 e. The molecule has 0 atom stereocenters. The zero-order valence-corrected chi connectivity index (χ0v) is 14.9. The fraction of sp³-hybridized carbons (Fsp3) is 0.0909. The topological polar surface area (TPSA) is 65.6 Å². The van der Waals surface area contributed by atoms with Gasteiger partial charge in [0.15, 0.2) is 0 Å². The van der Waals surface area contributed by atoms with Gasteiger partial charge in [0.2, 0.25) is 0 Å². The van der Waals surface area contributed by atoms with Gasteiger partial charge in [0.1, 0.15) is 29.2 Å². The number of benzene rings is 2.